The SMILES string of the molecule is Cc1cc(C)cc(NC(=O)Cn2nc(C(C)C)c3cnn(-c4ccc(C)c(C)c4)c3c2=O)c1. The summed E-state index contributed by atoms with van der Waals surface area (Å²) in [5.41, 5.74) is 6.72. The number of hydrogen-bond acceptors (Lipinski definition) is 4. The number of carbonyl (C=O) groups is 1. The minimum Gasteiger partial charge on any atom is -0.324 e. The standard InChI is InChI=1S/C26H29N5O2/c1-15(2)24-22-13-27-31(21-8-7-18(5)19(6)12-21)25(22)26(33)30(29-24)14-23(32)28-20-10-16(3)9-17(4)11-20/h7-13,15H,14H2,1-6H3,(H,28,32). The Hall–Kier alpha value is -3.74. The molecule has 0 aliphatic carbocycles. The second-order valence-electron chi connectivity index (χ2n) is 9.01. The van der Waals surface area contributed by atoms with Gasteiger partial charge in [0.1, 0.15) is 12.1 Å². The van der Waals surface area contributed by atoms with Crippen molar-refractivity contribution >= 4 is 22.5 Å². The predicted molar refractivity (Wildman–Crippen MR) is 131 cm³/mol. The summed E-state index contributed by atoms with van der Waals surface area (Å²) in [5, 5.41) is 12.7. The largest absolute Gasteiger partial charge is 0.324 e. The highest BCUT2D eigenvalue weighted by Gasteiger charge is 2.20. The topological polar surface area (TPSA) is 81.8 Å². The lowest BCUT2D eigenvalue weighted by Gasteiger charge is -2.13. The highest BCUT2D eigenvalue weighted by atomic mass is 16.2. The van der Waals surface area contributed by atoms with Gasteiger partial charge in [-0.3, -0.25) is 9.59 Å². The van der Waals surface area contributed by atoms with Crippen LogP contribution in [0.25, 0.3) is 16.6 Å². The fourth-order valence-electron chi connectivity index (χ4n) is 4.06. The molecule has 0 saturated carbocycles. The third-order valence-electron chi connectivity index (χ3n) is 5.79. The number of fused-ring (bicyclic) bond motifs is 1. The van der Waals surface area contributed by atoms with Crippen LogP contribution < -0.4 is 10.9 Å². The first-order valence-corrected chi connectivity index (χ1v) is 11.1. The number of rotatable bonds is 5. The maximum atomic E-state index is 13.5. The van der Waals surface area contributed by atoms with Crippen LogP contribution in [0.5, 0.6) is 0 Å². The summed E-state index contributed by atoms with van der Waals surface area (Å²) in [5.74, 6) is -0.250. The van der Waals surface area contributed by atoms with Crippen molar-refractivity contribution in [2.45, 2.75) is 54.0 Å². The van der Waals surface area contributed by atoms with E-state index >= 15 is 0 Å². The maximum absolute atomic E-state index is 13.5. The first-order chi connectivity index (χ1) is 15.6. The van der Waals surface area contributed by atoms with Gasteiger partial charge in [-0.25, -0.2) is 9.36 Å². The molecule has 0 spiro atoms. The van der Waals surface area contributed by atoms with E-state index < -0.39 is 0 Å². The van der Waals surface area contributed by atoms with Gasteiger partial charge >= 0.3 is 0 Å². The summed E-state index contributed by atoms with van der Waals surface area (Å²) in [4.78, 5) is 26.3. The summed E-state index contributed by atoms with van der Waals surface area (Å²) in [6, 6.07) is 11.8. The zero-order valence-electron chi connectivity index (χ0n) is 19.9. The first kappa shape index (κ1) is 22.5. The molecule has 0 unspecified atom stereocenters. The van der Waals surface area contributed by atoms with E-state index in [0.29, 0.717) is 16.6 Å². The number of hydrogen-bond donors (Lipinski definition) is 1. The molecule has 7 nitrogen and oxygen atoms in total. The van der Waals surface area contributed by atoms with Crippen LogP contribution in [-0.4, -0.2) is 25.5 Å². The Kier molecular flexibility index (Phi) is 5.89. The molecule has 0 aliphatic heterocycles. The summed E-state index contributed by atoms with van der Waals surface area (Å²) in [6.07, 6.45) is 1.69. The minimum absolute atomic E-state index is 0.0548. The highest BCUT2D eigenvalue weighted by molar-refractivity contribution is 5.91. The lowest BCUT2D eigenvalue weighted by molar-refractivity contribution is -0.117. The molecule has 7 heteroatoms. The smallest absolute Gasteiger partial charge is 0.293 e. The number of amides is 1. The van der Waals surface area contributed by atoms with Crippen LogP contribution >= 0.6 is 0 Å². The fourth-order valence-corrected chi connectivity index (χ4v) is 4.06. The van der Waals surface area contributed by atoms with E-state index in [0.717, 1.165) is 28.1 Å². The molecule has 2 aromatic heterocycles. The van der Waals surface area contributed by atoms with Crippen molar-refractivity contribution in [2.24, 2.45) is 0 Å². The molecular weight excluding hydrogens is 414 g/mol. The van der Waals surface area contributed by atoms with Gasteiger partial charge in [-0.05, 0) is 80.1 Å². The lowest BCUT2D eigenvalue weighted by atomic mass is 10.1. The number of carbonyl (C=O) groups excluding carboxylic acids is 1. The number of aromatic nitrogens is 4. The van der Waals surface area contributed by atoms with Gasteiger partial charge in [0.15, 0.2) is 0 Å². The molecular formula is C26H29N5O2. The second-order valence-corrected chi connectivity index (χ2v) is 9.01. The quantitative estimate of drug-likeness (QED) is 0.490. The van der Waals surface area contributed by atoms with Crippen molar-refractivity contribution in [3.05, 3.63) is 80.9 Å². The van der Waals surface area contributed by atoms with E-state index in [9.17, 15) is 9.59 Å². The van der Waals surface area contributed by atoms with Crippen LogP contribution in [0, 0.1) is 27.7 Å². The maximum Gasteiger partial charge on any atom is 0.293 e. The van der Waals surface area contributed by atoms with Crippen LogP contribution in [-0.2, 0) is 11.3 Å². The zero-order valence-corrected chi connectivity index (χ0v) is 19.9. The van der Waals surface area contributed by atoms with Crippen molar-refractivity contribution in [2.75, 3.05) is 5.32 Å². The van der Waals surface area contributed by atoms with Crippen LogP contribution in [0.4, 0.5) is 5.69 Å². The van der Waals surface area contributed by atoms with E-state index in [1.165, 1.54) is 10.2 Å². The molecule has 0 bridgehead atoms. The highest BCUT2D eigenvalue weighted by Crippen LogP contribution is 2.24. The molecule has 1 N–H and O–H groups in total. The molecule has 1 amide bonds. The van der Waals surface area contributed by atoms with Gasteiger partial charge in [0.05, 0.1) is 17.6 Å². The third-order valence-corrected chi connectivity index (χ3v) is 5.79. The normalized spacial score (nSPS) is 11.4. The monoisotopic (exact) mass is 443 g/mol. The van der Waals surface area contributed by atoms with Gasteiger partial charge < -0.3 is 5.32 Å². The van der Waals surface area contributed by atoms with Crippen molar-refractivity contribution in [1.29, 1.82) is 0 Å². The Morgan fingerprint density at radius 1 is 1.00 bits per heavy atom. The predicted octanol–water partition coefficient (Wildman–Crippen LogP) is 4.58. The molecule has 2 heterocycles. The van der Waals surface area contributed by atoms with Gasteiger partial charge in [-0.1, -0.05) is 26.0 Å². The third kappa shape index (κ3) is 4.44. The molecule has 0 atom stereocenters. The van der Waals surface area contributed by atoms with Crippen LogP contribution in [0.2, 0.25) is 0 Å². The molecule has 0 saturated heterocycles. The van der Waals surface area contributed by atoms with E-state index in [1.54, 1.807) is 10.9 Å². The molecule has 4 aromatic rings. The van der Waals surface area contributed by atoms with Gasteiger partial charge in [-0.2, -0.15) is 10.2 Å². The van der Waals surface area contributed by atoms with Gasteiger partial charge in [0.25, 0.3) is 5.56 Å². The average molecular weight is 444 g/mol. The van der Waals surface area contributed by atoms with Gasteiger partial charge in [0, 0.05) is 11.1 Å². The first-order valence-electron chi connectivity index (χ1n) is 11.1. The van der Waals surface area contributed by atoms with Crippen molar-refractivity contribution in [3.8, 4) is 5.69 Å². The Morgan fingerprint density at radius 2 is 1.70 bits per heavy atom. The Morgan fingerprint density at radius 3 is 2.33 bits per heavy atom. The molecule has 0 radical (unpaired) electrons. The summed E-state index contributed by atoms with van der Waals surface area (Å²) >= 11 is 0. The van der Waals surface area contributed by atoms with Crippen molar-refractivity contribution in [3.63, 3.8) is 0 Å². The van der Waals surface area contributed by atoms with Crippen molar-refractivity contribution < 1.29 is 4.79 Å². The van der Waals surface area contributed by atoms with Crippen molar-refractivity contribution in [1.82, 2.24) is 19.6 Å². The van der Waals surface area contributed by atoms with Crippen LogP contribution in [0.1, 0.15) is 47.7 Å². The molecule has 170 valence electrons. The minimum atomic E-state index is -0.347. The Balaban J connectivity index is 1.78. The average Bonchev–Trinajstić information content (AvgIpc) is 3.16. The van der Waals surface area contributed by atoms with Crippen LogP contribution in [0.3, 0.4) is 0 Å². The number of aryl methyl sites for hydroxylation is 4. The van der Waals surface area contributed by atoms with Gasteiger partial charge in [0.2, 0.25) is 5.91 Å². The molecule has 0 aliphatic rings. The second kappa shape index (κ2) is 8.65. The molecule has 0 fully saturated rings. The van der Waals surface area contributed by atoms with Crippen LogP contribution in [0.15, 0.2) is 47.4 Å². The molecule has 2 aromatic carbocycles. The van der Waals surface area contributed by atoms with E-state index in [2.05, 4.69) is 15.5 Å². The molecule has 4 rings (SSSR count). The number of nitrogens with one attached hydrogen (secondary N) is 1. The van der Waals surface area contributed by atoms with E-state index in [4.69, 9.17) is 0 Å². The van der Waals surface area contributed by atoms with Gasteiger partial charge in [-0.15, -0.1) is 0 Å². The van der Waals surface area contributed by atoms with E-state index in [-0.39, 0.29) is 23.9 Å². The fraction of sp³-hybridized carbons (Fsp3) is 0.308. The number of benzene rings is 2. The summed E-state index contributed by atoms with van der Waals surface area (Å²) < 4.78 is 2.89. The number of nitrogens with zero attached hydrogens (tertiary/aromatic N) is 4. The summed E-state index contributed by atoms with van der Waals surface area (Å²) in [7, 11) is 0. The lowest BCUT2D eigenvalue weighted by Crippen LogP contribution is -2.31. The number of anilines is 1. The van der Waals surface area contributed by atoms with E-state index in [1.807, 2.05) is 77.9 Å². The zero-order chi connectivity index (χ0) is 23.9. The summed E-state index contributed by atoms with van der Waals surface area (Å²) in [6.45, 7) is 11.9. The Bertz CT molecular complexity index is 1410. The Labute approximate surface area is 193 Å². The molecule has 33 heavy (non-hydrogen) atoms.